The predicted molar refractivity (Wildman–Crippen MR) is 71.5 cm³/mol. The molecule has 0 saturated carbocycles. The third-order valence-corrected chi connectivity index (χ3v) is 2.62. The molecule has 1 aromatic carbocycles. The normalized spacial score (nSPS) is 10.2. The van der Waals surface area contributed by atoms with Crippen molar-refractivity contribution in [1.82, 2.24) is 5.32 Å². The van der Waals surface area contributed by atoms with E-state index in [2.05, 4.69) is 13.8 Å². The summed E-state index contributed by atoms with van der Waals surface area (Å²) in [6, 6.07) is 7.12. The van der Waals surface area contributed by atoms with Crippen molar-refractivity contribution >= 4 is 17.6 Å². The third kappa shape index (κ3) is 4.08. The van der Waals surface area contributed by atoms with Crippen molar-refractivity contribution in [3.8, 4) is 0 Å². The number of imide groups is 1. The highest BCUT2D eigenvalue weighted by molar-refractivity contribution is 5.95. The Balaban J connectivity index is 2.72. The summed E-state index contributed by atoms with van der Waals surface area (Å²) in [6.45, 7) is 4.31. The second-order valence-corrected chi connectivity index (χ2v) is 4.52. The van der Waals surface area contributed by atoms with Crippen molar-refractivity contribution in [3.63, 3.8) is 0 Å². The molecule has 0 aliphatic heterocycles. The van der Waals surface area contributed by atoms with Crippen LogP contribution < -0.4 is 16.0 Å². The van der Waals surface area contributed by atoms with Crippen LogP contribution in [0.1, 0.15) is 25.3 Å². The Morgan fingerprint density at radius 3 is 2.61 bits per heavy atom. The van der Waals surface area contributed by atoms with E-state index in [0.29, 0.717) is 5.92 Å². The van der Waals surface area contributed by atoms with E-state index in [1.54, 1.807) is 11.9 Å². The van der Waals surface area contributed by atoms with Crippen molar-refractivity contribution in [3.05, 3.63) is 29.8 Å². The molecule has 3 amide bonds. The van der Waals surface area contributed by atoms with E-state index in [1.807, 2.05) is 29.6 Å². The van der Waals surface area contributed by atoms with Gasteiger partial charge in [-0.25, -0.2) is 4.79 Å². The van der Waals surface area contributed by atoms with Gasteiger partial charge in [0.25, 0.3) is 0 Å². The van der Waals surface area contributed by atoms with E-state index in [1.165, 1.54) is 5.56 Å². The van der Waals surface area contributed by atoms with Gasteiger partial charge in [-0.3, -0.25) is 10.1 Å². The Bertz CT molecular complexity index is 444. The highest BCUT2D eigenvalue weighted by Crippen LogP contribution is 2.20. The molecule has 5 heteroatoms. The van der Waals surface area contributed by atoms with Crippen molar-refractivity contribution < 1.29 is 9.59 Å². The van der Waals surface area contributed by atoms with Gasteiger partial charge in [-0.05, 0) is 23.6 Å². The summed E-state index contributed by atoms with van der Waals surface area (Å²) in [5, 5.41) is 2.04. The van der Waals surface area contributed by atoms with E-state index < -0.39 is 11.9 Å². The second kappa shape index (κ2) is 6.05. The second-order valence-electron chi connectivity index (χ2n) is 4.52. The first-order chi connectivity index (χ1) is 8.40. The Labute approximate surface area is 107 Å². The van der Waals surface area contributed by atoms with Gasteiger partial charge in [0.15, 0.2) is 0 Å². The first-order valence-corrected chi connectivity index (χ1v) is 5.80. The van der Waals surface area contributed by atoms with Gasteiger partial charge in [-0.2, -0.15) is 0 Å². The first kappa shape index (κ1) is 14.0. The van der Waals surface area contributed by atoms with Crippen LogP contribution in [-0.2, 0) is 4.79 Å². The smallest absolute Gasteiger partial charge is 0.318 e. The van der Waals surface area contributed by atoms with E-state index >= 15 is 0 Å². The van der Waals surface area contributed by atoms with Gasteiger partial charge in [0.05, 0.1) is 6.54 Å². The minimum absolute atomic E-state index is 0.0878. The number of amides is 3. The predicted octanol–water partition coefficient (Wildman–Crippen LogP) is 1.44. The Morgan fingerprint density at radius 2 is 2.06 bits per heavy atom. The van der Waals surface area contributed by atoms with E-state index in [0.717, 1.165) is 5.69 Å². The molecule has 0 fully saturated rings. The van der Waals surface area contributed by atoms with Crippen LogP contribution in [0.25, 0.3) is 0 Å². The molecular weight excluding hydrogens is 230 g/mol. The van der Waals surface area contributed by atoms with Crippen LogP contribution in [0.4, 0.5) is 10.5 Å². The summed E-state index contributed by atoms with van der Waals surface area (Å²) in [5.74, 6) is 0.0118. The molecule has 0 aliphatic rings. The van der Waals surface area contributed by atoms with Crippen molar-refractivity contribution in [1.29, 1.82) is 0 Å². The van der Waals surface area contributed by atoms with Gasteiger partial charge >= 0.3 is 6.03 Å². The van der Waals surface area contributed by atoms with Crippen LogP contribution in [-0.4, -0.2) is 25.5 Å². The molecule has 0 bridgehead atoms. The summed E-state index contributed by atoms with van der Waals surface area (Å²) >= 11 is 0. The third-order valence-electron chi connectivity index (χ3n) is 2.62. The van der Waals surface area contributed by atoms with Crippen LogP contribution in [0.5, 0.6) is 0 Å². The number of nitrogens with one attached hydrogen (secondary N) is 1. The highest BCUT2D eigenvalue weighted by Gasteiger charge is 2.10. The monoisotopic (exact) mass is 249 g/mol. The minimum atomic E-state index is -0.829. The fraction of sp³-hybridized carbons (Fsp3) is 0.385. The summed E-state index contributed by atoms with van der Waals surface area (Å²) in [6.07, 6.45) is 0. The molecule has 18 heavy (non-hydrogen) atoms. The number of hydrogen-bond acceptors (Lipinski definition) is 3. The first-order valence-electron chi connectivity index (χ1n) is 5.80. The molecule has 0 saturated heterocycles. The van der Waals surface area contributed by atoms with Crippen LogP contribution in [0, 0.1) is 0 Å². The van der Waals surface area contributed by atoms with Crippen molar-refractivity contribution in [2.75, 3.05) is 18.5 Å². The van der Waals surface area contributed by atoms with E-state index in [-0.39, 0.29) is 6.54 Å². The fourth-order valence-corrected chi connectivity index (χ4v) is 1.60. The molecule has 0 atom stereocenters. The molecule has 5 nitrogen and oxygen atoms in total. The number of carbonyl (C=O) groups excluding carboxylic acids is 2. The highest BCUT2D eigenvalue weighted by atomic mass is 16.2. The van der Waals surface area contributed by atoms with Gasteiger partial charge < -0.3 is 10.6 Å². The molecule has 98 valence electrons. The average Bonchev–Trinajstić information content (AvgIpc) is 2.27. The SMILES string of the molecule is CC(C)c1cccc(N(C)CC(=O)NC(N)=O)c1. The number of rotatable bonds is 4. The maximum Gasteiger partial charge on any atom is 0.318 e. The maximum atomic E-state index is 11.4. The number of urea groups is 1. The van der Waals surface area contributed by atoms with Crippen molar-refractivity contribution in [2.45, 2.75) is 19.8 Å². The molecule has 0 unspecified atom stereocenters. The van der Waals surface area contributed by atoms with Crippen LogP contribution in [0.2, 0.25) is 0 Å². The summed E-state index contributed by atoms with van der Waals surface area (Å²) in [4.78, 5) is 23.7. The lowest BCUT2D eigenvalue weighted by molar-refractivity contribution is -0.118. The van der Waals surface area contributed by atoms with Gasteiger partial charge in [0.2, 0.25) is 5.91 Å². The van der Waals surface area contributed by atoms with Gasteiger partial charge in [0.1, 0.15) is 0 Å². The zero-order valence-corrected chi connectivity index (χ0v) is 10.9. The van der Waals surface area contributed by atoms with Gasteiger partial charge in [0, 0.05) is 12.7 Å². The topological polar surface area (TPSA) is 75.4 Å². The molecule has 0 aliphatic carbocycles. The average molecular weight is 249 g/mol. The van der Waals surface area contributed by atoms with Gasteiger partial charge in [-0.15, -0.1) is 0 Å². The van der Waals surface area contributed by atoms with Crippen LogP contribution in [0.3, 0.4) is 0 Å². The number of hydrogen-bond donors (Lipinski definition) is 2. The molecule has 0 heterocycles. The van der Waals surface area contributed by atoms with Crippen LogP contribution in [0.15, 0.2) is 24.3 Å². The Kier molecular flexibility index (Phi) is 4.71. The molecule has 3 N–H and O–H groups in total. The number of likely N-dealkylation sites (N-methyl/N-ethyl adjacent to an activating group) is 1. The van der Waals surface area contributed by atoms with E-state index in [4.69, 9.17) is 5.73 Å². The standard InChI is InChI=1S/C13H19N3O2/c1-9(2)10-5-4-6-11(7-10)16(3)8-12(17)15-13(14)18/h4-7,9H,8H2,1-3H3,(H3,14,15,17,18). The largest absolute Gasteiger partial charge is 0.365 e. The van der Waals surface area contributed by atoms with Crippen LogP contribution >= 0.6 is 0 Å². The molecule has 0 aromatic heterocycles. The molecular formula is C13H19N3O2. The lowest BCUT2D eigenvalue weighted by atomic mass is 10.0. The number of nitrogens with two attached hydrogens (primary N) is 1. The number of primary amides is 1. The molecule has 1 rings (SSSR count). The fourth-order valence-electron chi connectivity index (χ4n) is 1.60. The Hall–Kier alpha value is -2.04. The molecule has 0 spiro atoms. The number of nitrogens with zero attached hydrogens (tertiary/aromatic N) is 1. The molecule has 0 radical (unpaired) electrons. The molecule has 1 aromatic rings. The maximum absolute atomic E-state index is 11.4. The number of benzene rings is 1. The number of carbonyl (C=O) groups is 2. The zero-order chi connectivity index (χ0) is 13.7. The summed E-state index contributed by atoms with van der Waals surface area (Å²) in [5.41, 5.74) is 7.02. The summed E-state index contributed by atoms with van der Waals surface area (Å²) < 4.78 is 0. The van der Waals surface area contributed by atoms with E-state index in [9.17, 15) is 9.59 Å². The lowest BCUT2D eigenvalue weighted by Gasteiger charge is -2.19. The lowest BCUT2D eigenvalue weighted by Crippen LogP contribution is -2.41. The quantitative estimate of drug-likeness (QED) is 0.847. The number of anilines is 1. The zero-order valence-electron chi connectivity index (χ0n) is 10.9. The Morgan fingerprint density at radius 1 is 1.39 bits per heavy atom. The van der Waals surface area contributed by atoms with Gasteiger partial charge in [-0.1, -0.05) is 26.0 Å². The van der Waals surface area contributed by atoms with Crippen molar-refractivity contribution in [2.24, 2.45) is 5.73 Å². The minimum Gasteiger partial charge on any atom is -0.365 e. The summed E-state index contributed by atoms with van der Waals surface area (Å²) in [7, 11) is 1.79.